The van der Waals surface area contributed by atoms with Gasteiger partial charge in [0, 0.05) is 7.05 Å². The number of carbonyl (C=O) groups is 2. The smallest absolute Gasteiger partial charge is 0.419 e. The molecule has 5 nitrogen and oxygen atoms in total. The fraction of sp³-hybridized carbons (Fsp3) is 0.300. The molecule has 2 aromatic rings. The van der Waals surface area contributed by atoms with Gasteiger partial charge in [-0.1, -0.05) is 24.3 Å². The van der Waals surface area contributed by atoms with Crippen molar-refractivity contribution in [2.24, 2.45) is 0 Å². The molecule has 0 aliphatic rings. The number of carbonyl (C=O) groups excluding carboxylic acids is 2. The van der Waals surface area contributed by atoms with Crippen molar-refractivity contribution in [3.8, 4) is 5.75 Å². The van der Waals surface area contributed by atoms with Crippen molar-refractivity contribution >= 4 is 17.6 Å². The first-order chi connectivity index (χ1) is 13.2. The monoisotopic (exact) mass is 395 g/mol. The van der Waals surface area contributed by atoms with Gasteiger partial charge in [-0.05, 0) is 38.1 Å². The zero-order chi connectivity index (χ0) is 20.9. The third-order valence-corrected chi connectivity index (χ3v) is 3.94. The molecular formula is C20H20F3NO4. The number of hydrogen-bond donors (Lipinski definition) is 0. The van der Waals surface area contributed by atoms with Gasteiger partial charge in [-0.2, -0.15) is 13.2 Å². The number of amides is 1. The number of hydrogen-bond acceptors (Lipinski definition) is 4. The van der Waals surface area contributed by atoms with E-state index in [4.69, 9.17) is 9.47 Å². The van der Waals surface area contributed by atoms with Crippen LogP contribution in [0.2, 0.25) is 0 Å². The topological polar surface area (TPSA) is 55.8 Å². The number of anilines is 1. The highest BCUT2D eigenvalue weighted by Crippen LogP contribution is 2.36. The van der Waals surface area contributed by atoms with Crippen molar-refractivity contribution in [3.63, 3.8) is 0 Å². The molecular weight excluding hydrogens is 375 g/mol. The summed E-state index contributed by atoms with van der Waals surface area (Å²) in [6.45, 7) is 3.17. The number of likely N-dealkylation sites (N-methyl/N-ethyl adjacent to an activating group) is 1. The van der Waals surface area contributed by atoms with Gasteiger partial charge in [0.2, 0.25) is 0 Å². The van der Waals surface area contributed by atoms with E-state index in [2.05, 4.69) is 0 Å². The predicted octanol–water partition coefficient (Wildman–Crippen LogP) is 4.31. The summed E-state index contributed by atoms with van der Waals surface area (Å²) in [5, 5.41) is 0. The van der Waals surface area contributed by atoms with Crippen LogP contribution in [-0.2, 0) is 15.7 Å². The van der Waals surface area contributed by atoms with Crippen molar-refractivity contribution in [1.82, 2.24) is 0 Å². The van der Waals surface area contributed by atoms with Crippen LogP contribution in [0.3, 0.4) is 0 Å². The van der Waals surface area contributed by atoms with E-state index in [1.807, 2.05) is 0 Å². The molecule has 0 N–H and O–H groups in total. The van der Waals surface area contributed by atoms with E-state index in [1.54, 1.807) is 25.1 Å². The molecule has 0 saturated heterocycles. The average Bonchev–Trinajstić information content (AvgIpc) is 2.66. The molecule has 28 heavy (non-hydrogen) atoms. The molecule has 2 rings (SSSR count). The minimum Gasteiger partial charge on any atom is -0.480 e. The normalized spacial score (nSPS) is 12.2. The van der Waals surface area contributed by atoms with Crippen molar-refractivity contribution in [2.75, 3.05) is 18.6 Å². The maximum Gasteiger partial charge on any atom is 0.419 e. The summed E-state index contributed by atoms with van der Waals surface area (Å²) in [5.41, 5.74) is -0.530. The van der Waals surface area contributed by atoms with Crippen LogP contribution in [0, 0.1) is 0 Å². The van der Waals surface area contributed by atoms with E-state index in [-0.39, 0.29) is 17.9 Å². The van der Waals surface area contributed by atoms with Crippen LogP contribution in [0.1, 0.15) is 29.8 Å². The Morgan fingerprint density at radius 2 is 1.68 bits per heavy atom. The Morgan fingerprint density at radius 1 is 1.07 bits per heavy atom. The molecule has 1 atom stereocenters. The molecule has 2 aromatic carbocycles. The van der Waals surface area contributed by atoms with Gasteiger partial charge in [0.05, 0.1) is 23.4 Å². The first-order valence-corrected chi connectivity index (χ1v) is 8.53. The highest BCUT2D eigenvalue weighted by Gasteiger charge is 2.35. The van der Waals surface area contributed by atoms with E-state index < -0.39 is 35.5 Å². The largest absolute Gasteiger partial charge is 0.480 e. The molecule has 150 valence electrons. The van der Waals surface area contributed by atoms with Gasteiger partial charge in [-0.25, -0.2) is 4.79 Å². The molecule has 8 heteroatoms. The molecule has 0 spiro atoms. The molecule has 0 fully saturated rings. The summed E-state index contributed by atoms with van der Waals surface area (Å²) < 4.78 is 49.6. The maximum atomic E-state index is 13.1. The highest BCUT2D eigenvalue weighted by molar-refractivity contribution is 6.03. The Hall–Kier alpha value is -3.03. The second-order valence-corrected chi connectivity index (χ2v) is 5.89. The Bertz CT molecular complexity index is 851. The molecule has 1 unspecified atom stereocenters. The van der Waals surface area contributed by atoms with Gasteiger partial charge in [0.15, 0.2) is 6.10 Å². The maximum absolute atomic E-state index is 13.1. The molecule has 0 heterocycles. The van der Waals surface area contributed by atoms with Gasteiger partial charge in [-0.15, -0.1) is 0 Å². The van der Waals surface area contributed by atoms with E-state index in [0.29, 0.717) is 0 Å². The zero-order valence-corrected chi connectivity index (χ0v) is 15.6. The summed E-state index contributed by atoms with van der Waals surface area (Å²) in [4.78, 5) is 26.0. The lowest BCUT2D eigenvalue weighted by Gasteiger charge is -2.24. The van der Waals surface area contributed by atoms with Crippen LogP contribution in [0.15, 0.2) is 48.5 Å². The fourth-order valence-corrected chi connectivity index (χ4v) is 2.58. The molecule has 0 saturated carbocycles. The summed E-state index contributed by atoms with van der Waals surface area (Å²) in [5.74, 6) is -1.66. The van der Waals surface area contributed by atoms with Crippen molar-refractivity contribution in [3.05, 3.63) is 59.7 Å². The number of ether oxygens (including phenoxy) is 2. The number of nitrogens with zero attached hydrogens (tertiary/aromatic N) is 1. The van der Waals surface area contributed by atoms with Crippen molar-refractivity contribution < 1.29 is 32.2 Å². The number of alkyl halides is 3. The van der Waals surface area contributed by atoms with Crippen LogP contribution in [0.25, 0.3) is 0 Å². The predicted molar refractivity (Wildman–Crippen MR) is 97.3 cm³/mol. The summed E-state index contributed by atoms with van der Waals surface area (Å²) in [6.07, 6.45) is -5.83. The lowest BCUT2D eigenvalue weighted by molar-refractivity contribution is -0.140. The first kappa shape index (κ1) is 21.3. The molecule has 0 bridgehead atoms. The van der Waals surface area contributed by atoms with E-state index >= 15 is 0 Å². The molecule has 0 aromatic heterocycles. The second-order valence-electron chi connectivity index (χ2n) is 5.89. The Balaban J connectivity index is 2.25. The second kappa shape index (κ2) is 8.77. The minimum absolute atomic E-state index is 0.165. The number of rotatable bonds is 6. The zero-order valence-electron chi connectivity index (χ0n) is 15.6. The number of esters is 1. The Kier molecular flexibility index (Phi) is 6.66. The standard InChI is InChI=1S/C20H20F3NO4/c1-4-27-19(26)14-9-5-7-11-16(14)24(3)18(25)13(2)28-17-12-8-6-10-15(17)20(21,22)23/h5-13H,4H2,1-3H3. The first-order valence-electron chi connectivity index (χ1n) is 8.53. The lowest BCUT2D eigenvalue weighted by atomic mass is 10.1. The van der Waals surface area contributed by atoms with Gasteiger partial charge >= 0.3 is 12.1 Å². The molecule has 0 radical (unpaired) electrons. The van der Waals surface area contributed by atoms with Crippen LogP contribution in [0.4, 0.5) is 18.9 Å². The van der Waals surface area contributed by atoms with Gasteiger partial charge < -0.3 is 14.4 Å². The third-order valence-electron chi connectivity index (χ3n) is 3.94. The van der Waals surface area contributed by atoms with Crippen LogP contribution in [-0.4, -0.2) is 31.6 Å². The van der Waals surface area contributed by atoms with Crippen molar-refractivity contribution in [1.29, 1.82) is 0 Å². The lowest BCUT2D eigenvalue weighted by Crippen LogP contribution is -2.39. The van der Waals surface area contributed by atoms with Gasteiger partial charge in [0.1, 0.15) is 5.75 Å². The number of benzene rings is 2. The van der Waals surface area contributed by atoms with Crippen LogP contribution in [0.5, 0.6) is 5.75 Å². The minimum atomic E-state index is -4.61. The quantitative estimate of drug-likeness (QED) is 0.684. The van der Waals surface area contributed by atoms with E-state index in [9.17, 15) is 22.8 Å². The summed E-state index contributed by atoms with van der Waals surface area (Å²) in [7, 11) is 1.41. The van der Waals surface area contributed by atoms with Gasteiger partial charge in [0.25, 0.3) is 5.91 Å². The highest BCUT2D eigenvalue weighted by atomic mass is 19.4. The molecule has 1 amide bonds. The SMILES string of the molecule is CCOC(=O)c1ccccc1N(C)C(=O)C(C)Oc1ccccc1C(F)(F)F. The van der Waals surface area contributed by atoms with Crippen LogP contribution >= 0.6 is 0 Å². The van der Waals surface area contributed by atoms with Crippen molar-refractivity contribution in [2.45, 2.75) is 26.1 Å². The number of halogens is 3. The number of para-hydroxylation sites is 2. The van der Waals surface area contributed by atoms with E-state index in [1.165, 1.54) is 32.2 Å². The molecule has 0 aliphatic carbocycles. The average molecular weight is 395 g/mol. The summed E-state index contributed by atoms with van der Waals surface area (Å²) >= 11 is 0. The third kappa shape index (κ3) is 4.82. The Labute approximate surface area is 160 Å². The van der Waals surface area contributed by atoms with Gasteiger partial charge in [-0.3, -0.25) is 4.79 Å². The Morgan fingerprint density at radius 3 is 2.32 bits per heavy atom. The molecule has 0 aliphatic heterocycles. The van der Waals surface area contributed by atoms with Crippen LogP contribution < -0.4 is 9.64 Å². The summed E-state index contributed by atoms with van der Waals surface area (Å²) in [6, 6.07) is 11.0. The fourth-order valence-electron chi connectivity index (χ4n) is 2.58. The van der Waals surface area contributed by atoms with E-state index in [0.717, 1.165) is 17.0 Å².